The molecule has 0 aliphatic carbocycles. The molecular formula is C19H27ClN4O2S. The van der Waals surface area contributed by atoms with Gasteiger partial charge in [0.25, 0.3) is 0 Å². The lowest BCUT2D eigenvalue weighted by Crippen LogP contribution is -2.53. The van der Waals surface area contributed by atoms with E-state index in [0.29, 0.717) is 25.5 Å². The number of halogens is 1. The molecule has 3 rings (SSSR count). The Kier molecular flexibility index (Phi) is 8.63. The van der Waals surface area contributed by atoms with E-state index in [2.05, 4.69) is 9.88 Å². The Balaban J connectivity index is 0.00000261. The number of hydrogen-bond acceptors (Lipinski definition) is 6. The van der Waals surface area contributed by atoms with Gasteiger partial charge < -0.3 is 15.1 Å². The first-order chi connectivity index (χ1) is 12.7. The standard InChI is InChI=1S/C19H26N4O2S.ClH/c1-26-12-7-16(20)19(24)23-10-8-22(9-11-23)14-18-21-13-17(25-18)15-5-3-2-4-6-15;/h2-6,13,16H,7-12,14,20H2,1H3;1H/t16-;/m0./s1. The molecule has 6 nitrogen and oxygen atoms in total. The molecule has 0 bridgehead atoms. The van der Waals surface area contributed by atoms with E-state index in [1.54, 1.807) is 18.0 Å². The summed E-state index contributed by atoms with van der Waals surface area (Å²) in [5.41, 5.74) is 7.04. The largest absolute Gasteiger partial charge is 0.439 e. The minimum atomic E-state index is -0.380. The third-order valence-corrected chi connectivity index (χ3v) is 5.25. The van der Waals surface area contributed by atoms with Crippen molar-refractivity contribution in [3.63, 3.8) is 0 Å². The maximum Gasteiger partial charge on any atom is 0.239 e. The molecule has 8 heteroatoms. The summed E-state index contributed by atoms with van der Waals surface area (Å²) >= 11 is 1.72. The van der Waals surface area contributed by atoms with E-state index < -0.39 is 0 Å². The van der Waals surface area contributed by atoms with Crippen LogP contribution in [0.5, 0.6) is 0 Å². The highest BCUT2D eigenvalue weighted by molar-refractivity contribution is 7.98. The van der Waals surface area contributed by atoms with Crippen molar-refractivity contribution in [3.05, 3.63) is 42.4 Å². The minimum absolute atomic E-state index is 0. The lowest BCUT2D eigenvalue weighted by atomic mass is 10.2. The summed E-state index contributed by atoms with van der Waals surface area (Å²) in [7, 11) is 0. The number of hydrogen-bond donors (Lipinski definition) is 1. The number of rotatable bonds is 7. The Bertz CT molecular complexity index is 705. The highest BCUT2D eigenvalue weighted by atomic mass is 35.5. The third kappa shape index (κ3) is 5.97. The summed E-state index contributed by atoms with van der Waals surface area (Å²) in [6.45, 7) is 3.69. The van der Waals surface area contributed by atoms with Crippen LogP contribution in [0.25, 0.3) is 11.3 Å². The van der Waals surface area contributed by atoms with E-state index in [-0.39, 0.29) is 24.4 Å². The summed E-state index contributed by atoms with van der Waals surface area (Å²) in [4.78, 5) is 20.9. The zero-order valence-electron chi connectivity index (χ0n) is 15.5. The van der Waals surface area contributed by atoms with Crippen molar-refractivity contribution in [1.29, 1.82) is 0 Å². The van der Waals surface area contributed by atoms with E-state index in [1.165, 1.54) is 0 Å². The number of carbonyl (C=O) groups is 1. The van der Waals surface area contributed by atoms with E-state index >= 15 is 0 Å². The maximum atomic E-state index is 12.4. The molecule has 1 aromatic carbocycles. The monoisotopic (exact) mass is 410 g/mol. The molecule has 1 aromatic heterocycles. The smallest absolute Gasteiger partial charge is 0.239 e. The average molecular weight is 411 g/mol. The van der Waals surface area contributed by atoms with Gasteiger partial charge in [0.1, 0.15) is 0 Å². The molecule has 2 aromatic rings. The molecular weight excluding hydrogens is 384 g/mol. The number of carbonyl (C=O) groups excluding carboxylic acids is 1. The van der Waals surface area contributed by atoms with Gasteiger partial charge in [-0.25, -0.2) is 4.98 Å². The molecule has 1 fully saturated rings. The van der Waals surface area contributed by atoms with Gasteiger partial charge in [-0.1, -0.05) is 30.3 Å². The van der Waals surface area contributed by atoms with Crippen molar-refractivity contribution in [1.82, 2.24) is 14.8 Å². The Morgan fingerprint density at radius 1 is 1.26 bits per heavy atom. The van der Waals surface area contributed by atoms with Gasteiger partial charge in [0.05, 0.1) is 18.8 Å². The van der Waals surface area contributed by atoms with Gasteiger partial charge in [-0.15, -0.1) is 12.4 Å². The summed E-state index contributed by atoms with van der Waals surface area (Å²) < 4.78 is 5.87. The van der Waals surface area contributed by atoms with Gasteiger partial charge in [0, 0.05) is 31.7 Å². The van der Waals surface area contributed by atoms with E-state index in [1.807, 2.05) is 41.5 Å². The van der Waals surface area contributed by atoms with Gasteiger partial charge in [0.15, 0.2) is 5.76 Å². The predicted molar refractivity (Wildman–Crippen MR) is 112 cm³/mol. The minimum Gasteiger partial charge on any atom is -0.439 e. The molecule has 1 aliphatic rings. The second-order valence-electron chi connectivity index (χ2n) is 6.47. The van der Waals surface area contributed by atoms with Crippen LogP contribution in [-0.2, 0) is 11.3 Å². The van der Waals surface area contributed by atoms with E-state index in [4.69, 9.17) is 10.2 Å². The number of amides is 1. The number of benzene rings is 1. The van der Waals surface area contributed by atoms with Crippen molar-refractivity contribution in [2.24, 2.45) is 5.73 Å². The second-order valence-corrected chi connectivity index (χ2v) is 7.46. The fourth-order valence-electron chi connectivity index (χ4n) is 3.04. The summed E-state index contributed by atoms with van der Waals surface area (Å²) in [6, 6.07) is 9.59. The third-order valence-electron chi connectivity index (χ3n) is 4.60. The molecule has 0 unspecified atom stereocenters. The van der Waals surface area contributed by atoms with Gasteiger partial charge in [-0.2, -0.15) is 11.8 Å². The van der Waals surface area contributed by atoms with Gasteiger partial charge in [-0.05, 0) is 18.4 Å². The SMILES string of the molecule is CSCC[C@H](N)C(=O)N1CCN(Cc2ncc(-c3ccccc3)o2)CC1.Cl. The molecule has 0 saturated carbocycles. The molecule has 1 aliphatic heterocycles. The highest BCUT2D eigenvalue weighted by Gasteiger charge is 2.25. The number of nitrogens with two attached hydrogens (primary N) is 1. The highest BCUT2D eigenvalue weighted by Crippen LogP contribution is 2.20. The topological polar surface area (TPSA) is 75.6 Å². The first-order valence-electron chi connectivity index (χ1n) is 8.93. The molecule has 0 radical (unpaired) electrons. The Morgan fingerprint density at radius 3 is 2.63 bits per heavy atom. The van der Waals surface area contributed by atoms with Crippen molar-refractivity contribution in [3.8, 4) is 11.3 Å². The summed E-state index contributed by atoms with van der Waals surface area (Å²) in [5.74, 6) is 2.48. The number of nitrogens with zero attached hydrogens (tertiary/aromatic N) is 3. The first-order valence-corrected chi connectivity index (χ1v) is 10.3. The second kappa shape index (κ2) is 10.7. The fourth-order valence-corrected chi connectivity index (χ4v) is 3.53. The predicted octanol–water partition coefficient (Wildman–Crippen LogP) is 2.49. The number of aromatic nitrogens is 1. The van der Waals surface area contributed by atoms with Gasteiger partial charge in [-0.3, -0.25) is 9.69 Å². The van der Waals surface area contributed by atoms with Crippen LogP contribution in [0.2, 0.25) is 0 Å². The molecule has 0 spiro atoms. The Labute approximate surface area is 170 Å². The molecule has 2 N–H and O–H groups in total. The Hall–Kier alpha value is -1.54. The molecule has 27 heavy (non-hydrogen) atoms. The molecule has 1 amide bonds. The average Bonchev–Trinajstić information content (AvgIpc) is 3.15. The quantitative estimate of drug-likeness (QED) is 0.755. The van der Waals surface area contributed by atoms with Crippen LogP contribution in [0, 0.1) is 0 Å². The van der Waals surface area contributed by atoms with Crippen LogP contribution in [0.4, 0.5) is 0 Å². The zero-order chi connectivity index (χ0) is 18.4. The van der Waals surface area contributed by atoms with E-state index in [9.17, 15) is 4.79 Å². The normalized spacial score (nSPS) is 16.0. The van der Waals surface area contributed by atoms with Crippen molar-refractivity contribution in [2.75, 3.05) is 38.2 Å². The van der Waals surface area contributed by atoms with Crippen LogP contribution in [0.15, 0.2) is 40.9 Å². The summed E-state index contributed by atoms with van der Waals surface area (Å²) in [5, 5.41) is 0. The van der Waals surface area contributed by atoms with Crippen LogP contribution >= 0.6 is 24.2 Å². The molecule has 1 atom stereocenters. The van der Waals surface area contributed by atoms with Crippen LogP contribution in [-0.4, -0.2) is 64.9 Å². The fraction of sp³-hybridized carbons (Fsp3) is 0.474. The lowest BCUT2D eigenvalue weighted by Gasteiger charge is -2.35. The van der Waals surface area contributed by atoms with Crippen molar-refractivity contribution >= 4 is 30.1 Å². The van der Waals surface area contributed by atoms with Crippen LogP contribution in [0.1, 0.15) is 12.3 Å². The summed E-state index contributed by atoms with van der Waals surface area (Å²) in [6.07, 6.45) is 4.54. The first kappa shape index (κ1) is 21.8. The van der Waals surface area contributed by atoms with Gasteiger partial charge >= 0.3 is 0 Å². The maximum absolute atomic E-state index is 12.4. The van der Waals surface area contributed by atoms with Crippen LogP contribution in [0.3, 0.4) is 0 Å². The van der Waals surface area contributed by atoms with E-state index in [0.717, 1.165) is 36.6 Å². The number of oxazole rings is 1. The number of thioether (sulfide) groups is 1. The number of piperazine rings is 1. The van der Waals surface area contributed by atoms with Gasteiger partial charge in [0.2, 0.25) is 11.8 Å². The lowest BCUT2D eigenvalue weighted by molar-refractivity contribution is -0.134. The molecule has 148 valence electrons. The Morgan fingerprint density at radius 2 is 1.96 bits per heavy atom. The van der Waals surface area contributed by atoms with Crippen molar-refractivity contribution in [2.45, 2.75) is 19.0 Å². The molecule has 1 saturated heterocycles. The molecule has 2 heterocycles. The van der Waals surface area contributed by atoms with Crippen molar-refractivity contribution < 1.29 is 9.21 Å². The van der Waals surface area contributed by atoms with Crippen LogP contribution < -0.4 is 5.73 Å². The zero-order valence-corrected chi connectivity index (χ0v) is 17.2.